The molecule has 2 heteroatoms. The van der Waals surface area contributed by atoms with Crippen molar-refractivity contribution in [2.75, 3.05) is 0 Å². The van der Waals surface area contributed by atoms with Crippen LogP contribution in [0.25, 0.3) is 11.1 Å². The quantitative estimate of drug-likeness (QED) is 0.538. The van der Waals surface area contributed by atoms with Gasteiger partial charge in [0, 0.05) is 11.3 Å². The van der Waals surface area contributed by atoms with Crippen LogP contribution >= 0.6 is 11.6 Å². The fourth-order valence-corrected chi connectivity index (χ4v) is 2.37. The Bertz CT molecular complexity index is 627. The van der Waals surface area contributed by atoms with Crippen molar-refractivity contribution >= 4 is 17.3 Å². The van der Waals surface area contributed by atoms with Crippen LogP contribution in [0.5, 0.6) is 0 Å². The van der Waals surface area contributed by atoms with Crippen LogP contribution in [0.1, 0.15) is 18.1 Å². The highest BCUT2D eigenvalue weighted by Gasteiger charge is 2.10. The van der Waals surface area contributed by atoms with Gasteiger partial charge in [-0.25, -0.2) is 4.99 Å². The molecule has 0 bridgehead atoms. The SMILES string of the molecule is C=C(Cl)N=C(C)c1c(C)cccc1-c1ccccc1. The molecule has 0 aliphatic carbocycles. The van der Waals surface area contributed by atoms with E-state index in [2.05, 4.69) is 48.8 Å². The predicted molar refractivity (Wildman–Crippen MR) is 83.8 cm³/mol. The smallest absolute Gasteiger partial charge is 0.122 e. The van der Waals surface area contributed by atoms with Gasteiger partial charge in [-0.3, -0.25) is 0 Å². The normalized spacial score (nSPS) is 11.4. The standard InChI is InChI=1S/C17H16ClN/c1-12-8-7-11-16(15-9-5-4-6-10-15)17(12)13(2)19-14(3)18/h4-11H,3H2,1-2H3. The minimum absolute atomic E-state index is 0.305. The zero-order valence-electron chi connectivity index (χ0n) is 11.2. The van der Waals surface area contributed by atoms with E-state index < -0.39 is 0 Å². The van der Waals surface area contributed by atoms with Crippen LogP contribution < -0.4 is 0 Å². The highest BCUT2D eigenvalue weighted by atomic mass is 35.5. The van der Waals surface area contributed by atoms with Gasteiger partial charge in [-0.1, -0.05) is 66.7 Å². The highest BCUT2D eigenvalue weighted by Crippen LogP contribution is 2.27. The van der Waals surface area contributed by atoms with E-state index in [-0.39, 0.29) is 0 Å². The van der Waals surface area contributed by atoms with E-state index in [1.54, 1.807) is 0 Å². The van der Waals surface area contributed by atoms with Gasteiger partial charge in [-0.2, -0.15) is 0 Å². The summed E-state index contributed by atoms with van der Waals surface area (Å²) in [6.45, 7) is 7.67. The Labute approximate surface area is 119 Å². The lowest BCUT2D eigenvalue weighted by Crippen LogP contribution is -2.01. The second-order valence-electron chi connectivity index (χ2n) is 4.44. The zero-order chi connectivity index (χ0) is 13.8. The molecule has 2 aromatic carbocycles. The molecular weight excluding hydrogens is 254 g/mol. The molecule has 0 aliphatic rings. The molecule has 0 fully saturated rings. The molecule has 2 aromatic rings. The van der Waals surface area contributed by atoms with E-state index in [1.165, 1.54) is 16.7 Å². The number of aliphatic imine (C=N–C) groups is 1. The molecule has 0 aromatic heterocycles. The zero-order valence-corrected chi connectivity index (χ0v) is 11.9. The molecule has 0 saturated heterocycles. The third-order valence-electron chi connectivity index (χ3n) is 3.01. The lowest BCUT2D eigenvalue weighted by atomic mass is 9.93. The monoisotopic (exact) mass is 269 g/mol. The van der Waals surface area contributed by atoms with E-state index in [0.29, 0.717) is 5.16 Å². The van der Waals surface area contributed by atoms with Crippen molar-refractivity contribution in [2.24, 2.45) is 4.99 Å². The first-order valence-electron chi connectivity index (χ1n) is 6.14. The van der Waals surface area contributed by atoms with E-state index in [0.717, 1.165) is 11.3 Å². The summed E-state index contributed by atoms with van der Waals surface area (Å²) in [4.78, 5) is 4.28. The second-order valence-corrected chi connectivity index (χ2v) is 4.87. The first-order valence-corrected chi connectivity index (χ1v) is 6.52. The van der Waals surface area contributed by atoms with Gasteiger partial charge in [0.15, 0.2) is 0 Å². The molecule has 0 heterocycles. The maximum atomic E-state index is 5.79. The molecule has 0 saturated carbocycles. The van der Waals surface area contributed by atoms with Crippen LogP contribution in [0, 0.1) is 6.92 Å². The Kier molecular flexibility index (Phi) is 4.18. The lowest BCUT2D eigenvalue weighted by molar-refractivity contribution is 1.39. The fraction of sp³-hybridized carbons (Fsp3) is 0.118. The maximum absolute atomic E-state index is 5.79. The van der Waals surface area contributed by atoms with Crippen molar-refractivity contribution in [2.45, 2.75) is 13.8 Å². The minimum Gasteiger partial charge on any atom is -0.241 e. The van der Waals surface area contributed by atoms with Gasteiger partial charge in [0.05, 0.1) is 0 Å². The molecule has 0 amide bonds. The molecule has 1 nitrogen and oxygen atoms in total. The number of rotatable bonds is 3. The molecule has 0 atom stereocenters. The van der Waals surface area contributed by atoms with Gasteiger partial charge in [0.1, 0.15) is 5.16 Å². The first-order chi connectivity index (χ1) is 9.09. The highest BCUT2D eigenvalue weighted by molar-refractivity contribution is 6.30. The van der Waals surface area contributed by atoms with Crippen molar-refractivity contribution in [3.8, 4) is 11.1 Å². The molecule has 2 rings (SSSR count). The van der Waals surface area contributed by atoms with Crippen molar-refractivity contribution < 1.29 is 0 Å². The summed E-state index contributed by atoms with van der Waals surface area (Å²) in [7, 11) is 0. The van der Waals surface area contributed by atoms with Crippen LogP contribution in [0.15, 0.2) is 65.3 Å². The van der Waals surface area contributed by atoms with E-state index in [4.69, 9.17) is 11.6 Å². The summed E-state index contributed by atoms with van der Waals surface area (Å²) >= 11 is 5.79. The Morgan fingerprint density at radius 2 is 1.74 bits per heavy atom. The molecular formula is C17H16ClN. The number of benzene rings is 2. The van der Waals surface area contributed by atoms with E-state index >= 15 is 0 Å². The minimum atomic E-state index is 0.305. The summed E-state index contributed by atoms with van der Waals surface area (Å²) in [6, 6.07) is 16.5. The Morgan fingerprint density at radius 3 is 2.37 bits per heavy atom. The summed E-state index contributed by atoms with van der Waals surface area (Å²) in [5.74, 6) is 0. The predicted octanol–water partition coefficient (Wildman–Crippen LogP) is 5.18. The van der Waals surface area contributed by atoms with E-state index in [9.17, 15) is 0 Å². The number of aryl methyl sites for hydroxylation is 1. The maximum Gasteiger partial charge on any atom is 0.122 e. The molecule has 0 unspecified atom stereocenters. The van der Waals surface area contributed by atoms with Crippen LogP contribution in [0.4, 0.5) is 0 Å². The van der Waals surface area contributed by atoms with E-state index in [1.807, 2.05) is 25.1 Å². The third-order valence-corrected chi connectivity index (χ3v) is 3.09. The van der Waals surface area contributed by atoms with Crippen LogP contribution in [0.2, 0.25) is 0 Å². The summed E-state index contributed by atoms with van der Waals surface area (Å²) in [6.07, 6.45) is 0. The number of hydrogen-bond donors (Lipinski definition) is 0. The topological polar surface area (TPSA) is 12.4 Å². The summed E-state index contributed by atoms with van der Waals surface area (Å²) in [5.41, 5.74) is 5.53. The second kappa shape index (κ2) is 5.85. The van der Waals surface area contributed by atoms with Crippen molar-refractivity contribution in [1.82, 2.24) is 0 Å². The van der Waals surface area contributed by atoms with Crippen molar-refractivity contribution in [3.63, 3.8) is 0 Å². The van der Waals surface area contributed by atoms with Crippen molar-refractivity contribution in [3.05, 3.63) is 71.4 Å². The van der Waals surface area contributed by atoms with Gasteiger partial charge < -0.3 is 0 Å². The van der Waals surface area contributed by atoms with Crippen molar-refractivity contribution in [1.29, 1.82) is 0 Å². The van der Waals surface area contributed by atoms with Gasteiger partial charge in [0.25, 0.3) is 0 Å². The fourth-order valence-electron chi connectivity index (χ4n) is 2.24. The van der Waals surface area contributed by atoms with Gasteiger partial charge >= 0.3 is 0 Å². The average molecular weight is 270 g/mol. The summed E-state index contributed by atoms with van der Waals surface area (Å²) < 4.78 is 0. The summed E-state index contributed by atoms with van der Waals surface area (Å²) in [5, 5.41) is 0.305. The number of nitrogens with zero attached hydrogens (tertiary/aromatic N) is 1. The molecule has 0 N–H and O–H groups in total. The van der Waals surface area contributed by atoms with Gasteiger partial charge in [-0.05, 0) is 30.5 Å². The number of hydrogen-bond acceptors (Lipinski definition) is 1. The molecule has 19 heavy (non-hydrogen) atoms. The number of halogens is 1. The third kappa shape index (κ3) is 3.12. The Balaban J connectivity index is 2.64. The molecule has 96 valence electrons. The Morgan fingerprint density at radius 1 is 1.05 bits per heavy atom. The average Bonchev–Trinajstić information content (AvgIpc) is 2.38. The van der Waals surface area contributed by atoms with Gasteiger partial charge in [0.2, 0.25) is 0 Å². The lowest BCUT2D eigenvalue weighted by Gasteiger charge is -2.12. The molecule has 0 aliphatic heterocycles. The Hall–Kier alpha value is -1.86. The van der Waals surface area contributed by atoms with Gasteiger partial charge in [-0.15, -0.1) is 0 Å². The largest absolute Gasteiger partial charge is 0.241 e. The first kappa shape index (κ1) is 13.6. The van der Waals surface area contributed by atoms with Crippen LogP contribution in [0.3, 0.4) is 0 Å². The molecule has 0 spiro atoms. The van der Waals surface area contributed by atoms with Crippen LogP contribution in [-0.2, 0) is 0 Å². The van der Waals surface area contributed by atoms with Crippen LogP contribution in [-0.4, -0.2) is 5.71 Å². The molecule has 0 radical (unpaired) electrons.